The molecular weight excluding hydrogens is 268 g/mol. The van der Waals surface area contributed by atoms with Gasteiger partial charge in [-0.25, -0.2) is 0 Å². The first-order valence-electron chi connectivity index (χ1n) is 7.56. The highest BCUT2D eigenvalue weighted by Crippen LogP contribution is 2.37. The number of nitrogens with one attached hydrogen (secondary N) is 1. The number of nitrogen functional groups attached to an aromatic ring is 1. The van der Waals surface area contributed by atoms with Crippen LogP contribution in [0.25, 0.3) is 0 Å². The topological polar surface area (TPSA) is 65.7 Å². The Kier molecular flexibility index (Phi) is 5.31. The summed E-state index contributed by atoms with van der Waals surface area (Å²) < 4.78 is 17.5. The van der Waals surface area contributed by atoms with Crippen molar-refractivity contribution >= 4 is 5.69 Å². The summed E-state index contributed by atoms with van der Waals surface area (Å²) >= 11 is 0. The van der Waals surface area contributed by atoms with E-state index in [2.05, 4.69) is 5.32 Å². The van der Waals surface area contributed by atoms with Crippen molar-refractivity contribution in [2.45, 2.75) is 46.0 Å². The largest absolute Gasteiger partial charge is 0.491 e. The summed E-state index contributed by atoms with van der Waals surface area (Å²) in [6.07, 6.45) is 0.113. The molecule has 0 spiro atoms. The standard InChI is InChI=1S/C16H26N2O3/c1-10(2)20-14-8-13(17)15(21-11(3)4)7-12(14)16-9-18-5-6-19-16/h7-8,10-11,16,18H,5-6,9,17H2,1-4H3. The van der Waals surface area contributed by atoms with Gasteiger partial charge in [0.25, 0.3) is 0 Å². The number of ether oxygens (including phenoxy) is 3. The molecule has 1 aromatic carbocycles. The van der Waals surface area contributed by atoms with Crippen LogP contribution in [-0.4, -0.2) is 31.9 Å². The molecule has 3 N–H and O–H groups in total. The van der Waals surface area contributed by atoms with Crippen LogP contribution in [0.1, 0.15) is 39.4 Å². The van der Waals surface area contributed by atoms with Crippen molar-refractivity contribution in [1.82, 2.24) is 5.32 Å². The van der Waals surface area contributed by atoms with Crippen molar-refractivity contribution in [1.29, 1.82) is 0 Å². The molecule has 1 aliphatic rings. The van der Waals surface area contributed by atoms with Crippen molar-refractivity contribution < 1.29 is 14.2 Å². The predicted octanol–water partition coefficient (Wildman–Crippen LogP) is 2.50. The van der Waals surface area contributed by atoms with Crippen LogP contribution in [-0.2, 0) is 4.74 Å². The highest BCUT2D eigenvalue weighted by atomic mass is 16.5. The number of hydrogen-bond donors (Lipinski definition) is 2. The van der Waals surface area contributed by atoms with Gasteiger partial charge in [0.05, 0.1) is 30.6 Å². The SMILES string of the molecule is CC(C)Oc1cc(C2CNCCO2)c(OC(C)C)cc1N. The second kappa shape index (κ2) is 7.00. The minimum atomic E-state index is -0.0392. The van der Waals surface area contributed by atoms with E-state index in [0.717, 1.165) is 24.4 Å². The van der Waals surface area contributed by atoms with Crippen molar-refractivity contribution in [2.75, 3.05) is 25.4 Å². The highest BCUT2D eigenvalue weighted by molar-refractivity contribution is 5.60. The van der Waals surface area contributed by atoms with Crippen LogP contribution in [0.5, 0.6) is 11.5 Å². The normalized spacial score (nSPS) is 19.0. The maximum Gasteiger partial charge on any atom is 0.143 e. The molecule has 1 aliphatic heterocycles. The third kappa shape index (κ3) is 4.25. The first-order chi connectivity index (χ1) is 9.97. The van der Waals surface area contributed by atoms with Gasteiger partial charge in [0.15, 0.2) is 0 Å². The number of benzene rings is 1. The van der Waals surface area contributed by atoms with Gasteiger partial charge in [0.1, 0.15) is 11.5 Å². The summed E-state index contributed by atoms with van der Waals surface area (Å²) in [6.45, 7) is 10.3. The minimum Gasteiger partial charge on any atom is -0.491 e. The van der Waals surface area contributed by atoms with Gasteiger partial charge in [-0.05, 0) is 33.8 Å². The molecule has 0 bridgehead atoms. The average Bonchev–Trinajstić information content (AvgIpc) is 2.41. The fraction of sp³-hybridized carbons (Fsp3) is 0.625. The van der Waals surface area contributed by atoms with Crippen LogP contribution in [0.2, 0.25) is 0 Å². The van der Waals surface area contributed by atoms with E-state index in [9.17, 15) is 0 Å². The van der Waals surface area contributed by atoms with Crippen LogP contribution in [0, 0.1) is 0 Å². The smallest absolute Gasteiger partial charge is 0.143 e. The van der Waals surface area contributed by atoms with Crippen molar-refractivity contribution in [3.8, 4) is 11.5 Å². The van der Waals surface area contributed by atoms with Gasteiger partial charge < -0.3 is 25.3 Å². The van der Waals surface area contributed by atoms with E-state index in [1.807, 2.05) is 39.8 Å². The van der Waals surface area contributed by atoms with Gasteiger partial charge >= 0.3 is 0 Å². The quantitative estimate of drug-likeness (QED) is 0.817. The molecule has 1 saturated heterocycles. The summed E-state index contributed by atoms with van der Waals surface area (Å²) in [5, 5.41) is 3.34. The second-order valence-electron chi connectivity index (χ2n) is 5.82. The van der Waals surface area contributed by atoms with Crippen LogP contribution < -0.4 is 20.5 Å². The minimum absolute atomic E-state index is 0.0392. The van der Waals surface area contributed by atoms with E-state index in [1.54, 1.807) is 0 Å². The number of rotatable bonds is 5. The maximum atomic E-state index is 6.08. The third-order valence-corrected chi connectivity index (χ3v) is 3.14. The highest BCUT2D eigenvalue weighted by Gasteiger charge is 2.23. The predicted molar refractivity (Wildman–Crippen MR) is 83.9 cm³/mol. The van der Waals surface area contributed by atoms with Gasteiger partial charge in [-0.15, -0.1) is 0 Å². The maximum absolute atomic E-state index is 6.08. The number of anilines is 1. The van der Waals surface area contributed by atoms with E-state index < -0.39 is 0 Å². The lowest BCUT2D eigenvalue weighted by Crippen LogP contribution is -2.33. The summed E-state index contributed by atoms with van der Waals surface area (Å²) in [5.41, 5.74) is 7.66. The van der Waals surface area contributed by atoms with Crippen molar-refractivity contribution in [2.24, 2.45) is 0 Å². The van der Waals surface area contributed by atoms with Crippen molar-refractivity contribution in [3.05, 3.63) is 17.7 Å². The zero-order valence-electron chi connectivity index (χ0n) is 13.3. The molecule has 0 aliphatic carbocycles. The van der Waals surface area contributed by atoms with Gasteiger partial charge in [0, 0.05) is 24.7 Å². The van der Waals surface area contributed by atoms with E-state index in [0.29, 0.717) is 18.0 Å². The van der Waals surface area contributed by atoms with E-state index in [-0.39, 0.29) is 18.3 Å². The lowest BCUT2D eigenvalue weighted by Gasteiger charge is -2.27. The Morgan fingerprint density at radius 2 is 1.81 bits per heavy atom. The molecule has 0 aromatic heterocycles. The average molecular weight is 294 g/mol. The molecule has 0 saturated carbocycles. The van der Waals surface area contributed by atoms with E-state index >= 15 is 0 Å². The Hall–Kier alpha value is -1.46. The van der Waals surface area contributed by atoms with Crippen LogP contribution >= 0.6 is 0 Å². The molecular formula is C16H26N2O3. The molecule has 2 rings (SSSR count). The summed E-state index contributed by atoms with van der Waals surface area (Å²) in [7, 11) is 0. The fourth-order valence-corrected chi connectivity index (χ4v) is 2.32. The first kappa shape index (κ1) is 15.9. The van der Waals surface area contributed by atoms with E-state index in [1.165, 1.54) is 0 Å². The Morgan fingerprint density at radius 3 is 2.38 bits per heavy atom. The molecule has 21 heavy (non-hydrogen) atoms. The Morgan fingerprint density at radius 1 is 1.14 bits per heavy atom. The summed E-state index contributed by atoms with van der Waals surface area (Å²) in [4.78, 5) is 0. The van der Waals surface area contributed by atoms with Gasteiger partial charge in [-0.1, -0.05) is 0 Å². The fourth-order valence-electron chi connectivity index (χ4n) is 2.32. The Bertz CT molecular complexity index is 469. The van der Waals surface area contributed by atoms with Gasteiger partial charge in [-0.3, -0.25) is 0 Å². The molecule has 0 radical (unpaired) electrons. The van der Waals surface area contributed by atoms with Gasteiger partial charge in [-0.2, -0.15) is 0 Å². The lowest BCUT2D eigenvalue weighted by atomic mass is 10.1. The second-order valence-corrected chi connectivity index (χ2v) is 5.82. The molecule has 0 amide bonds. The lowest BCUT2D eigenvalue weighted by molar-refractivity contribution is 0.0251. The summed E-state index contributed by atoms with van der Waals surface area (Å²) in [5.74, 6) is 1.46. The van der Waals surface area contributed by atoms with Crippen LogP contribution in [0.4, 0.5) is 5.69 Å². The zero-order valence-corrected chi connectivity index (χ0v) is 13.3. The number of nitrogens with two attached hydrogens (primary N) is 1. The van der Waals surface area contributed by atoms with Crippen LogP contribution in [0.3, 0.4) is 0 Å². The molecule has 1 atom stereocenters. The first-order valence-corrected chi connectivity index (χ1v) is 7.56. The number of hydrogen-bond acceptors (Lipinski definition) is 5. The third-order valence-electron chi connectivity index (χ3n) is 3.14. The van der Waals surface area contributed by atoms with Crippen LogP contribution in [0.15, 0.2) is 12.1 Å². The molecule has 1 aromatic rings. The molecule has 5 heteroatoms. The number of morpholine rings is 1. The van der Waals surface area contributed by atoms with Crippen molar-refractivity contribution in [3.63, 3.8) is 0 Å². The molecule has 118 valence electrons. The molecule has 1 unspecified atom stereocenters. The Balaban J connectivity index is 2.35. The molecule has 1 fully saturated rings. The zero-order chi connectivity index (χ0) is 15.4. The monoisotopic (exact) mass is 294 g/mol. The summed E-state index contributed by atoms with van der Waals surface area (Å²) in [6, 6.07) is 3.79. The molecule has 1 heterocycles. The molecule has 5 nitrogen and oxygen atoms in total. The van der Waals surface area contributed by atoms with Gasteiger partial charge in [0.2, 0.25) is 0 Å². The van der Waals surface area contributed by atoms with E-state index in [4.69, 9.17) is 19.9 Å². The Labute approximate surface area is 126 Å².